The van der Waals surface area contributed by atoms with E-state index in [-0.39, 0.29) is 5.75 Å². The monoisotopic (exact) mass is 316 g/mol. The first-order valence-electron chi connectivity index (χ1n) is 7.34. The van der Waals surface area contributed by atoms with Gasteiger partial charge in [-0.1, -0.05) is 0 Å². The molecule has 7 nitrogen and oxygen atoms in total. The van der Waals surface area contributed by atoms with Crippen molar-refractivity contribution in [1.82, 2.24) is 15.1 Å². The van der Waals surface area contributed by atoms with Crippen LogP contribution in [0.2, 0.25) is 0 Å². The number of nitrogens with zero attached hydrogens (tertiary/aromatic N) is 2. The van der Waals surface area contributed by atoms with E-state index in [1.54, 1.807) is 18.0 Å². The SMILES string of the molecule is COCCn1cc(NS(=O)(=O)CCCCNC2CC2)cn1. The van der Waals surface area contributed by atoms with Gasteiger partial charge in [-0.25, -0.2) is 8.42 Å². The molecule has 1 aliphatic rings. The predicted octanol–water partition coefficient (Wildman–Crippen LogP) is 0.803. The highest BCUT2D eigenvalue weighted by Crippen LogP contribution is 2.18. The molecule has 0 radical (unpaired) electrons. The molecule has 120 valence electrons. The van der Waals surface area contributed by atoms with Gasteiger partial charge in [0.05, 0.1) is 30.8 Å². The van der Waals surface area contributed by atoms with Crippen molar-refractivity contribution in [3.63, 3.8) is 0 Å². The smallest absolute Gasteiger partial charge is 0.232 e. The Hall–Kier alpha value is -1.12. The van der Waals surface area contributed by atoms with Gasteiger partial charge in [0.1, 0.15) is 0 Å². The zero-order valence-corrected chi connectivity index (χ0v) is 13.2. The van der Waals surface area contributed by atoms with E-state index < -0.39 is 10.0 Å². The molecule has 0 spiro atoms. The maximum Gasteiger partial charge on any atom is 0.232 e. The van der Waals surface area contributed by atoms with E-state index in [2.05, 4.69) is 15.1 Å². The van der Waals surface area contributed by atoms with Gasteiger partial charge in [0.15, 0.2) is 0 Å². The van der Waals surface area contributed by atoms with Gasteiger partial charge in [-0.05, 0) is 32.2 Å². The number of hydrogen-bond acceptors (Lipinski definition) is 5. The molecule has 1 aromatic heterocycles. The number of anilines is 1. The molecule has 0 aliphatic heterocycles. The summed E-state index contributed by atoms with van der Waals surface area (Å²) in [6, 6.07) is 0.678. The molecule has 2 rings (SSSR count). The molecular formula is C13H24N4O3S. The molecule has 0 amide bonds. The minimum Gasteiger partial charge on any atom is -0.383 e. The molecule has 1 aromatic rings. The third kappa shape index (κ3) is 6.45. The van der Waals surface area contributed by atoms with E-state index in [9.17, 15) is 8.42 Å². The maximum absolute atomic E-state index is 11.9. The zero-order valence-electron chi connectivity index (χ0n) is 12.4. The molecule has 1 fully saturated rings. The van der Waals surface area contributed by atoms with Crippen LogP contribution in [0.1, 0.15) is 25.7 Å². The number of rotatable bonds is 11. The van der Waals surface area contributed by atoms with Crippen molar-refractivity contribution < 1.29 is 13.2 Å². The standard InChI is InChI=1S/C13H24N4O3S/c1-20-8-7-17-11-13(10-15-17)16-21(18,19)9-3-2-6-14-12-4-5-12/h10-12,14,16H,2-9H2,1H3. The minimum atomic E-state index is -3.29. The van der Waals surface area contributed by atoms with Crippen LogP contribution in [0.4, 0.5) is 5.69 Å². The number of nitrogens with one attached hydrogen (secondary N) is 2. The van der Waals surface area contributed by atoms with Gasteiger partial charge >= 0.3 is 0 Å². The molecule has 0 unspecified atom stereocenters. The van der Waals surface area contributed by atoms with Crippen molar-refractivity contribution in [2.45, 2.75) is 38.3 Å². The van der Waals surface area contributed by atoms with Crippen LogP contribution in [0.25, 0.3) is 0 Å². The second-order valence-electron chi connectivity index (χ2n) is 5.34. The van der Waals surface area contributed by atoms with Crippen LogP contribution >= 0.6 is 0 Å². The summed E-state index contributed by atoms with van der Waals surface area (Å²) in [4.78, 5) is 0. The van der Waals surface area contributed by atoms with Gasteiger partial charge in [-0.15, -0.1) is 0 Å². The highest BCUT2D eigenvalue weighted by molar-refractivity contribution is 7.92. The van der Waals surface area contributed by atoms with Crippen LogP contribution in [-0.2, 0) is 21.3 Å². The predicted molar refractivity (Wildman–Crippen MR) is 81.8 cm³/mol. The summed E-state index contributed by atoms with van der Waals surface area (Å²) >= 11 is 0. The number of aromatic nitrogens is 2. The lowest BCUT2D eigenvalue weighted by molar-refractivity contribution is 0.183. The zero-order chi connectivity index (χ0) is 15.1. The van der Waals surface area contributed by atoms with Crippen LogP contribution in [0, 0.1) is 0 Å². The van der Waals surface area contributed by atoms with E-state index in [1.165, 1.54) is 19.0 Å². The number of ether oxygens (including phenoxy) is 1. The van der Waals surface area contributed by atoms with E-state index in [0.717, 1.165) is 13.0 Å². The highest BCUT2D eigenvalue weighted by Gasteiger charge is 2.19. The van der Waals surface area contributed by atoms with E-state index >= 15 is 0 Å². The van der Waals surface area contributed by atoms with Crippen molar-refractivity contribution in [3.8, 4) is 0 Å². The summed E-state index contributed by atoms with van der Waals surface area (Å²) in [5, 5.41) is 7.45. The van der Waals surface area contributed by atoms with Crippen molar-refractivity contribution in [1.29, 1.82) is 0 Å². The van der Waals surface area contributed by atoms with Crippen molar-refractivity contribution in [2.75, 3.05) is 30.7 Å². The summed E-state index contributed by atoms with van der Waals surface area (Å²) in [5.41, 5.74) is 0.502. The molecule has 1 saturated carbocycles. The molecule has 0 bridgehead atoms. The fourth-order valence-electron chi connectivity index (χ4n) is 1.96. The first kappa shape index (κ1) is 16.3. The minimum absolute atomic E-state index is 0.141. The molecule has 1 aliphatic carbocycles. The van der Waals surface area contributed by atoms with E-state index in [0.29, 0.717) is 31.3 Å². The third-order valence-corrected chi connectivity index (χ3v) is 4.65. The summed E-state index contributed by atoms with van der Waals surface area (Å²) in [6.45, 7) is 2.04. The number of methoxy groups -OCH3 is 1. The van der Waals surface area contributed by atoms with Gasteiger partial charge in [0.25, 0.3) is 0 Å². The molecule has 21 heavy (non-hydrogen) atoms. The molecule has 8 heteroatoms. The van der Waals surface area contributed by atoms with Crippen molar-refractivity contribution in [2.24, 2.45) is 0 Å². The lowest BCUT2D eigenvalue weighted by Crippen LogP contribution is -2.20. The summed E-state index contributed by atoms with van der Waals surface area (Å²) in [7, 11) is -1.67. The lowest BCUT2D eigenvalue weighted by atomic mass is 10.3. The largest absolute Gasteiger partial charge is 0.383 e. The molecule has 0 atom stereocenters. The Bertz CT molecular complexity index is 525. The van der Waals surface area contributed by atoms with Crippen LogP contribution in [0.3, 0.4) is 0 Å². The molecule has 1 heterocycles. The Balaban J connectivity index is 1.67. The fourth-order valence-corrected chi connectivity index (χ4v) is 3.12. The Morgan fingerprint density at radius 1 is 1.43 bits per heavy atom. The summed E-state index contributed by atoms with van der Waals surface area (Å²) in [6.07, 6.45) is 7.24. The average Bonchev–Trinajstić information content (AvgIpc) is 3.15. The first-order chi connectivity index (χ1) is 10.1. The normalized spacial score (nSPS) is 15.3. The molecule has 0 saturated heterocycles. The Labute approximate surface area is 126 Å². The van der Waals surface area contributed by atoms with Crippen LogP contribution < -0.4 is 10.0 Å². The second-order valence-corrected chi connectivity index (χ2v) is 7.18. The molecular weight excluding hydrogens is 292 g/mol. The van der Waals surface area contributed by atoms with Gasteiger partial charge in [-0.2, -0.15) is 5.10 Å². The Kier molecular flexibility index (Phi) is 6.01. The van der Waals surface area contributed by atoms with Gasteiger partial charge in [0, 0.05) is 19.3 Å². The maximum atomic E-state index is 11.9. The third-order valence-electron chi connectivity index (χ3n) is 3.28. The number of sulfonamides is 1. The van der Waals surface area contributed by atoms with Crippen molar-refractivity contribution >= 4 is 15.7 Å². The summed E-state index contributed by atoms with van der Waals surface area (Å²) < 4.78 is 33.0. The summed E-state index contributed by atoms with van der Waals surface area (Å²) in [5.74, 6) is 0.141. The first-order valence-corrected chi connectivity index (χ1v) is 8.99. The van der Waals surface area contributed by atoms with Gasteiger partial charge in [0.2, 0.25) is 10.0 Å². The molecule has 0 aromatic carbocycles. The fraction of sp³-hybridized carbons (Fsp3) is 0.769. The van der Waals surface area contributed by atoms with Gasteiger partial charge < -0.3 is 10.1 Å². The quantitative estimate of drug-likeness (QED) is 0.590. The van der Waals surface area contributed by atoms with Gasteiger partial charge in [-0.3, -0.25) is 9.40 Å². The van der Waals surface area contributed by atoms with E-state index in [4.69, 9.17) is 4.74 Å². The lowest BCUT2D eigenvalue weighted by Gasteiger charge is -2.06. The van der Waals surface area contributed by atoms with Crippen LogP contribution in [-0.4, -0.2) is 50.3 Å². The Morgan fingerprint density at radius 2 is 2.24 bits per heavy atom. The topological polar surface area (TPSA) is 85.2 Å². The number of hydrogen-bond donors (Lipinski definition) is 2. The van der Waals surface area contributed by atoms with E-state index in [1.807, 2.05) is 0 Å². The average molecular weight is 316 g/mol. The second kappa shape index (κ2) is 7.77. The molecule has 2 N–H and O–H groups in total. The number of unbranched alkanes of at least 4 members (excludes halogenated alkanes) is 1. The van der Waals surface area contributed by atoms with Crippen LogP contribution in [0.5, 0.6) is 0 Å². The Morgan fingerprint density at radius 3 is 2.95 bits per heavy atom. The van der Waals surface area contributed by atoms with Crippen LogP contribution in [0.15, 0.2) is 12.4 Å². The highest BCUT2D eigenvalue weighted by atomic mass is 32.2. The van der Waals surface area contributed by atoms with Crippen molar-refractivity contribution in [3.05, 3.63) is 12.4 Å².